The van der Waals surface area contributed by atoms with Crippen molar-refractivity contribution in [3.63, 3.8) is 0 Å². The minimum atomic E-state index is -3.56. The van der Waals surface area contributed by atoms with E-state index in [4.69, 9.17) is 9.05 Å². The van der Waals surface area contributed by atoms with Crippen LogP contribution in [0, 0.1) is 0 Å². The van der Waals surface area contributed by atoms with Gasteiger partial charge in [-0.3, -0.25) is 8.75 Å². The van der Waals surface area contributed by atoms with E-state index in [1.807, 2.05) is 0 Å². The summed E-state index contributed by atoms with van der Waals surface area (Å²) in [6.07, 6.45) is 0. The smallest absolute Gasteiger partial charge is 0.308 e. The van der Waals surface area contributed by atoms with E-state index in [-0.39, 0.29) is 4.65 Å². The van der Waals surface area contributed by atoms with E-state index >= 15 is 0 Å². The Morgan fingerprint density at radius 3 is 1.93 bits per heavy atom. The molecule has 0 aliphatic carbocycles. The second-order valence-corrected chi connectivity index (χ2v) is 6.38. The van der Waals surface area contributed by atoms with Crippen LogP contribution in [0.25, 0.3) is 0 Å². The molecule has 1 unspecified atom stereocenters. The van der Waals surface area contributed by atoms with Gasteiger partial charge in [-0.2, -0.15) is 0 Å². The average Bonchev–Trinajstić information content (AvgIpc) is 2.23. The average molecular weight is 254 g/mol. The largest absolute Gasteiger partial charge is 0.379 e. The third-order valence-electron chi connectivity index (χ3n) is 1.40. The Labute approximate surface area is 92.3 Å². The highest BCUT2D eigenvalue weighted by atomic mass is 32.2. The molecule has 0 rings (SSSR count). The van der Waals surface area contributed by atoms with Gasteiger partial charge in [-0.1, -0.05) is 5.73 Å². The molecule has 88 valence electrons. The summed E-state index contributed by atoms with van der Waals surface area (Å²) in [5, 5.41) is 0. The molecule has 0 aliphatic heterocycles. The van der Waals surface area contributed by atoms with Crippen LogP contribution in [0.15, 0.2) is 16.0 Å². The molecule has 7 heteroatoms. The molecule has 5 nitrogen and oxygen atoms in total. The first kappa shape index (κ1) is 14.8. The third kappa shape index (κ3) is 4.03. The molecule has 0 fully saturated rings. The van der Waals surface area contributed by atoms with Crippen LogP contribution in [-0.4, -0.2) is 25.5 Å². The molecule has 0 radical (unpaired) electrons. The molecule has 0 spiro atoms. The predicted octanol–water partition coefficient (Wildman–Crippen LogP) is 2.19. The zero-order chi connectivity index (χ0) is 12.1. The molecule has 0 bridgehead atoms. The van der Waals surface area contributed by atoms with Crippen molar-refractivity contribution in [1.82, 2.24) is 0 Å². The van der Waals surface area contributed by atoms with Crippen molar-refractivity contribution in [3.8, 4) is 0 Å². The van der Waals surface area contributed by atoms with Gasteiger partial charge >= 0.3 is 7.60 Å². The van der Waals surface area contributed by atoms with Gasteiger partial charge in [0.15, 0.2) is 4.65 Å². The van der Waals surface area contributed by atoms with E-state index in [1.165, 1.54) is 21.3 Å². The van der Waals surface area contributed by atoms with E-state index in [2.05, 4.69) is 9.91 Å². The minimum Gasteiger partial charge on any atom is -0.308 e. The molecule has 0 aliphatic rings. The maximum Gasteiger partial charge on any atom is 0.379 e. The molecule has 0 saturated carbocycles. The Hall–Kier alpha value is -0.220. The van der Waals surface area contributed by atoms with Crippen molar-refractivity contribution in [2.24, 2.45) is 0 Å². The summed E-state index contributed by atoms with van der Waals surface area (Å²) in [7, 11) is 0.101. The van der Waals surface area contributed by atoms with E-state index in [9.17, 15) is 8.77 Å². The molecule has 0 heterocycles. The van der Waals surface area contributed by atoms with Crippen LogP contribution in [-0.2, 0) is 28.9 Å². The fraction of sp³-hybridized carbons (Fsp3) is 0.625. The van der Waals surface area contributed by atoms with Crippen LogP contribution >= 0.6 is 7.60 Å². The molecule has 0 aromatic heterocycles. The van der Waals surface area contributed by atoms with E-state index in [1.54, 1.807) is 13.8 Å². The summed E-state index contributed by atoms with van der Waals surface area (Å²) in [5.41, 5.74) is 3.37. The van der Waals surface area contributed by atoms with Crippen molar-refractivity contribution < 1.29 is 22.0 Å². The first-order valence-electron chi connectivity index (χ1n) is 4.03. The number of allylic oxidation sites excluding steroid dienone is 1. The standard InChI is InChI=1S/C8H15O5PS/c1-7(2)6-8(15(10)13-5)14(9,11-3)12-4/h1-5H3. The van der Waals surface area contributed by atoms with Gasteiger partial charge < -0.3 is 9.05 Å². The van der Waals surface area contributed by atoms with Gasteiger partial charge in [0.1, 0.15) is 0 Å². The highest BCUT2D eigenvalue weighted by Crippen LogP contribution is 2.55. The predicted molar refractivity (Wildman–Crippen MR) is 58.7 cm³/mol. The van der Waals surface area contributed by atoms with Gasteiger partial charge in [0.2, 0.25) is 11.1 Å². The number of rotatable bonds is 5. The zero-order valence-corrected chi connectivity index (χ0v) is 11.1. The van der Waals surface area contributed by atoms with Crippen LogP contribution in [0.3, 0.4) is 0 Å². The Morgan fingerprint density at radius 1 is 1.20 bits per heavy atom. The van der Waals surface area contributed by atoms with Crippen molar-refractivity contribution in [1.29, 1.82) is 0 Å². The zero-order valence-electron chi connectivity index (χ0n) is 9.40. The van der Waals surface area contributed by atoms with Crippen LogP contribution < -0.4 is 0 Å². The fourth-order valence-electron chi connectivity index (χ4n) is 0.735. The number of hydrogen-bond donors (Lipinski definition) is 0. The minimum absolute atomic E-state index is 0.116. The highest BCUT2D eigenvalue weighted by Gasteiger charge is 2.33. The van der Waals surface area contributed by atoms with Crippen molar-refractivity contribution in [3.05, 3.63) is 16.0 Å². The molecular formula is C8H15O5PS. The second kappa shape index (κ2) is 6.38. The Morgan fingerprint density at radius 2 is 1.67 bits per heavy atom. The topological polar surface area (TPSA) is 61.8 Å². The van der Waals surface area contributed by atoms with E-state index in [0.29, 0.717) is 5.57 Å². The summed E-state index contributed by atoms with van der Waals surface area (Å²) in [6, 6.07) is 0. The molecule has 1 atom stereocenters. The summed E-state index contributed by atoms with van der Waals surface area (Å²) in [4.78, 5) is 0. The molecular weight excluding hydrogens is 239 g/mol. The first-order chi connectivity index (χ1) is 6.91. The highest BCUT2D eigenvalue weighted by molar-refractivity contribution is 7.95. The lowest BCUT2D eigenvalue weighted by atomic mass is 10.4. The monoisotopic (exact) mass is 254 g/mol. The lowest BCUT2D eigenvalue weighted by Crippen LogP contribution is -2.01. The SMILES string of the molecule is COS(=O)C(=C=C(C)C)P(=O)(OC)OC. The third-order valence-corrected chi connectivity index (χ3v) is 4.80. The lowest BCUT2D eigenvalue weighted by molar-refractivity contribution is 0.284. The van der Waals surface area contributed by atoms with Crippen molar-refractivity contribution in [2.75, 3.05) is 21.3 Å². The summed E-state index contributed by atoms with van der Waals surface area (Å²) < 4.78 is 37.3. The van der Waals surface area contributed by atoms with E-state index < -0.39 is 18.7 Å². The van der Waals surface area contributed by atoms with Crippen LogP contribution in [0.2, 0.25) is 0 Å². The van der Waals surface area contributed by atoms with Gasteiger partial charge in [0.25, 0.3) is 0 Å². The summed E-state index contributed by atoms with van der Waals surface area (Å²) in [6.45, 7) is 3.45. The van der Waals surface area contributed by atoms with Gasteiger partial charge in [-0.05, 0) is 19.4 Å². The van der Waals surface area contributed by atoms with Crippen LogP contribution in [0.4, 0.5) is 0 Å². The fourth-order valence-corrected chi connectivity index (χ4v) is 3.42. The normalized spacial score (nSPS) is 13.1. The Balaban J connectivity index is 5.62. The van der Waals surface area contributed by atoms with Crippen LogP contribution in [0.1, 0.15) is 13.8 Å². The molecule has 0 amide bonds. The molecule has 0 aromatic rings. The molecule has 15 heavy (non-hydrogen) atoms. The summed E-state index contributed by atoms with van der Waals surface area (Å²) >= 11 is -1.88. The lowest BCUT2D eigenvalue weighted by Gasteiger charge is -2.13. The maximum absolute atomic E-state index is 12.0. The van der Waals surface area contributed by atoms with Crippen molar-refractivity contribution >= 4 is 18.7 Å². The maximum atomic E-state index is 12.0. The van der Waals surface area contributed by atoms with Gasteiger partial charge in [-0.25, -0.2) is 4.21 Å². The van der Waals surface area contributed by atoms with E-state index in [0.717, 1.165) is 0 Å². The number of hydrogen-bond acceptors (Lipinski definition) is 5. The quantitative estimate of drug-likeness (QED) is 0.556. The van der Waals surface area contributed by atoms with Gasteiger partial charge in [0, 0.05) is 14.2 Å². The van der Waals surface area contributed by atoms with Crippen molar-refractivity contribution in [2.45, 2.75) is 13.8 Å². The van der Waals surface area contributed by atoms with Crippen LogP contribution in [0.5, 0.6) is 0 Å². The molecule has 0 aromatic carbocycles. The first-order valence-corrected chi connectivity index (χ1v) is 6.65. The second-order valence-electron chi connectivity index (χ2n) is 2.69. The van der Waals surface area contributed by atoms with Gasteiger partial charge in [-0.15, -0.1) is 0 Å². The molecule has 0 N–H and O–H groups in total. The Kier molecular flexibility index (Phi) is 6.29. The van der Waals surface area contributed by atoms with Gasteiger partial charge in [0.05, 0.1) is 7.11 Å². The summed E-state index contributed by atoms with van der Waals surface area (Å²) in [5.74, 6) is 0. The Bertz CT molecular complexity index is 344. The molecule has 0 saturated heterocycles.